The molecular formula is C19H15F3N2O. The molecule has 0 saturated carbocycles. The maximum absolute atomic E-state index is 13.0. The number of alkyl halides is 3. The Morgan fingerprint density at radius 1 is 1.12 bits per heavy atom. The van der Waals surface area contributed by atoms with Gasteiger partial charge in [0.1, 0.15) is 11.6 Å². The van der Waals surface area contributed by atoms with Crippen LogP contribution in [0.15, 0.2) is 60.2 Å². The van der Waals surface area contributed by atoms with E-state index in [0.29, 0.717) is 0 Å². The van der Waals surface area contributed by atoms with Crippen molar-refractivity contribution in [3.05, 3.63) is 76.9 Å². The van der Waals surface area contributed by atoms with Crippen molar-refractivity contribution >= 4 is 12.0 Å². The average molecular weight is 344 g/mol. The zero-order chi connectivity index (χ0) is 18.4. The molecule has 0 spiro atoms. The summed E-state index contributed by atoms with van der Waals surface area (Å²) in [6.45, 7) is 1.73. The molecule has 2 aromatic rings. The van der Waals surface area contributed by atoms with Gasteiger partial charge in [-0.1, -0.05) is 48.5 Å². The average Bonchev–Trinajstić information content (AvgIpc) is 2.59. The molecule has 0 aliphatic carbocycles. The van der Waals surface area contributed by atoms with Crippen molar-refractivity contribution in [2.75, 3.05) is 0 Å². The fraction of sp³-hybridized carbons (Fsp3) is 0.158. The van der Waals surface area contributed by atoms with Crippen LogP contribution in [0, 0.1) is 11.3 Å². The highest BCUT2D eigenvalue weighted by Gasteiger charge is 2.32. The fourth-order valence-electron chi connectivity index (χ4n) is 2.28. The molecule has 2 rings (SSSR count). The summed E-state index contributed by atoms with van der Waals surface area (Å²) in [6.07, 6.45) is -3.61. The summed E-state index contributed by atoms with van der Waals surface area (Å²) < 4.78 is 39.1. The summed E-state index contributed by atoms with van der Waals surface area (Å²) in [5.74, 6) is -0.726. The Kier molecular flexibility index (Phi) is 5.60. The second-order valence-electron chi connectivity index (χ2n) is 5.36. The number of carbonyl (C=O) groups excluding carboxylic acids is 1. The van der Waals surface area contributed by atoms with Crippen LogP contribution in [-0.2, 0) is 11.0 Å². The number of benzene rings is 2. The van der Waals surface area contributed by atoms with E-state index in [0.717, 1.165) is 17.7 Å². The molecule has 6 heteroatoms. The molecule has 1 amide bonds. The van der Waals surface area contributed by atoms with Crippen molar-refractivity contribution in [1.29, 1.82) is 5.26 Å². The Morgan fingerprint density at radius 2 is 1.72 bits per heavy atom. The quantitative estimate of drug-likeness (QED) is 0.656. The van der Waals surface area contributed by atoms with Crippen LogP contribution in [0.2, 0.25) is 0 Å². The zero-order valence-corrected chi connectivity index (χ0v) is 13.3. The molecule has 2 aromatic carbocycles. The van der Waals surface area contributed by atoms with Gasteiger partial charge in [0.2, 0.25) is 0 Å². The van der Waals surface area contributed by atoms with Crippen LogP contribution in [0.25, 0.3) is 6.08 Å². The lowest BCUT2D eigenvalue weighted by Gasteiger charge is -2.14. The molecule has 0 aliphatic rings. The largest absolute Gasteiger partial charge is 0.416 e. The van der Waals surface area contributed by atoms with Crippen LogP contribution in [0.1, 0.15) is 29.7 Å². The van der Waals surface area contributed by atoms with Crippen LogP contribution in [0.5, 0.6) is 0 Å². The van der Waals surface area contributed by atoms with Gasteiger partial charge in [-0.15, -0.1) is 0 Å². The molecular weight excluding hydrogens is 329 g/mol. The van der Waals surface area contributed by atoms with E-state index >= 15 is 0 Å². The minimum atomic E-state index is -4.57. The lowest BCUT2D eigenvalue weighted by atomic mass is 10.0. The van der Waals surface area contributed by atoms with Gasteiger partial charge in [0.05, 0.1) is 11.6 Å². The number of amides is 1. The number of rotatable bonds is 4. The molecule has 128 valence electrons. The highest BCUT2D eigenvalue weighted by molar-refractivity contribution is 6.02. The SMILES string of the molecule is CC(NC(=O)C(C#N)=Cc1ccccc1C(F)(F)F)c1ccccc1. The molecule has 0 aliphatic heterocycles. The molecule has 0 heterocycles. The summed E-state index contributed by atoms with van der Waals surface area (Å²) in [5, 5.41) is 11.8. The number of carbonyl (C=O) groups is 1. The van der Waals surface area contributed by atoms with Crippen molar-refractivity contribution in [3.63, 3.8) is 0 Å². The first kappa shape index (κ1) is 18.3. The van der Waals surface area contributed by atoms with E-state index in [2.05, 4.69) is 5.32 Å². The van der Waals surface area contributed by atoms with E-state index in [-0.39, 0.29) is 17.2 Å². The maximum atomic E-state index is 13.0. The predicted molar refractivity (Wildman–Crippen MR) is 88.0 cm³/mol. The number of nitrogens with one attached hydrogen (secondary N) is 1. The van der Waals surface area contributed by atoms with Crippen molar-refractivity contribution in [2.24, 2.45) is 0 Å². The molecule has 0 radical (unpaired) electrons. The maximum Gasteiger partial charge on any atom is 0.416 e. The summed E-state index contributed by atoms with van der Waals surface area (Å²) in [5.41, 5.74) is -0.691. The molecule has 1 unspecified atom stereocenters. The van der Waals surface area contributed by atoms with Gasteiger partial charge in [-0.2, -0.15) is 18.4 Å². The Morgan fingerprint density at radius 3 is 2.32 bits per heavy atom. The van der Waals surface area contributed by atoms with Gasteiger partial charge < -0.3 is 5.32 Å². The van der Waals surface area contributed by atoms with E-state index in [1.807, 2.05) is 6.07 Å². The standard InChI is InChI=1S/C19H15F3N2O/c1-13(14-7-3-2-4-8-14)24-18(25)16(12-23)11-15-9-5-6-10-17(15)19(20,21)22/h2-11,13H,1H3,(H,24,25). The minimum absolute atomic E-state index is 0.228. The molecule has 1 N–H and O–H groups in total. The van der Waals surface area contributed by atoms with E-state index in [1.165, 1.54) is 18.2 Å². The van der Waals surface area contributed by atoms with E-state index in [1.54, 1.807) is 37.3 Å². The summed E-state index contributed by atoms with van der Waals surface area (Å²) in [4.78, 5) is 12.2. The molecule has 0 saturated heterocycles. The van der Waals surface area contributed by atoms with Gasteiger partial charge in [0.25, 0.3) is 5.91 Å². The van der Waals surface area contributed by atoms with E-state index < -0.39 is 17.6 Å². The van der Waals surface area contributed by atoms with Gasteiger partial charge in [-0.05, 0) is 30.2 Å². The van der Waals surface area contributed by atoms with Crippen LogP contribution in [0.3, 0.4) is 0 Å². The monoisotopic (exact) mass is 344 g/mol. The van der Waals surface area contributed by atoms with Crippen molar-refractivity contribution in [1.82, 2.24) is 5.32 Å². The van der Waals surface area contributed by atoms with Gasteiger partial charge in [-0.25, -0.2) is 0 Å². The third-order valence-corrected chi connectivity index (χ3v) is 3.58. The third kappa shape index (κ3) is 4.70. The second-order valence-corrected chi connectivity index (χ2v) is 5.36. The van der Waals surface area contributed by atoms with Gasteiger partial charge in [-0.3, -0.25) is 4.79 Å². The Hall–Kier alpha value is -3.07. The second kappa shape index (κ2) is 7.67. The first-order valence-electron chi connectivity index (χ1n) is 7.46. The highest BCUT2D eigenvalue weighted by Crippen LogP contribution is 2.32. The Labute approximate surface area is 143 Å². The summed E-state index contributed by atoms with van der Waals surface area (Å²) in [6, 6.07) is 15.1. The number of nitrogens with zero attached hydrogens (tertiary/aromatic N) is 1. The minimum Gasteiger partial charge on any atom is -0.345 e. The van der Waals surface area contributed by atoms with Crippen LogP contribution < -0.4 is 5.32 Å². The lowest BCUT2D eigenvalue weighted by molar-refractivity contribution is -0.137. The number of hydrogen-bond donors (Lipinski definition) is 1. The van der Waals surface area contributed by atoms with Crippen molar-refractivity contribution in [3.8, 4) is 6.07 Å². The third-order valence-electron chi connectivity index (χ3n) is 3.58. The number of halogens is 3. The van der Waals surface area contributed by atoms with Crippen LogP contribution in [-0.4, -0.2) is 5.91 Å². The summed E-state index contributed by atoms with van der Waals surface area (Å²) in [7, 11) is 0. The normalized spacial score (nSPS) is 13.0. The molecule has 0 fully saturated rings. The van der Waals surface area contributed by atoms with Gasteiger partial charge >= 0.3 is 6.18 Å². The number of hydrogen-bond acceptors (Lipinski definition) is 2. The summed E-state index contributed by atoms with van der Waals surface area (Å²) >= 11 is 0. The van der Waals surface area contributed by atoms with Gasteiger partial charge in [0.15, 0.2) is 0 Å². The van der Waals surface area contributed by atoms with Crippen LogP contribution >= 0.6 is 0 Å². The molecule has 25 heavy (non-hydrogen) atoms. The first-order valence-corrected chi connectivity index (χ1v) is 7.46. The molecule has 0 aromatic heterocycles. The first-order chi connectivity index (χ1) is 11.8. The Bertz CT molecular complexity index is 821. The molecule has 1 atom stereocenters. The topological polar surface area (TPSA) is 52.9 Å². The lowest BCUT2D eigenvalue weighted by Crippen LogP contribution is -2.27. The Balaban J connectivity index is 2.27. The van der Waals surface area contributed by atoms with E-state index in [4.69, 9.17) is 0 Å². The van der Waals surface area contributed by atoms with E-state index in [9.17, 15) is 23.2 Å². The molecule has 0 bridgehead atoms. The smallest absolute Gasteiger partial charge is 0.345 e. The van der Waals surface area contributed by atoms with Gasteiger partial charge in [0, 0.05) is 0 Å². The zero-order valence-electron chi connectivity index (χ0n) is 13.3. The van der Waals surface area contributed by atoms with Crippen molar-refractivity contribution in [2.45, 2.75) is 19.1 Å². The van der Waals surface area contributed by atoms with Crippen molar-refractivity contribution < 1.29 is 18.0 Å². The highest BCUT2D eigenvalue weighted by atomic mass is 19.4. The molecule has 3 nitrogen and oxygen atoms in total. The predicted octanol–water partition coefficient (Wildman–Crippen LogP) is 4.49. The number of nitriles is 1. The van der Waals surface area contributed by atoms with Crippen LogP contribution in [0.4, 0.5) is 13.2 Å². The fourth-order valence-corrected chi connectivity index (χ4v) is 2.28.